The number of fused-ring (bicyclic) bond motifs is 3. The van der Waals surface area contributed by atoms with E-state index in [0.717, 1.165) is 53.5 Å². The molecule has 0 radical (unpaired) electrons. The maximum atomic E-state index is 12.4. The summed E-state index contributed by atoms with van der Waals surface area (Å²) < 4.78 is 11.3. The number of aryl methyl sites for hydroxylation is 2. The summed E-state index contributed by atoms with van der Waals surface area (Å²) in [6, 6.07) is 8.73. The number of phenolic OH excluding ortho intramolecular Hbond substituents is 1. The molecule has 0 spiro atoms. The van der Waals surface area contributed by atoms with Crippen LogP contribution in [0, 0.1) is 0 Å². The average molecular weight is 421 g/mol. The highest BCUT2D eigenvalue weighted by Crippen LogP contribution is 2.42. The second-order valence-corrected chi connectivity index (χ2v) is 8.95. The van der Waals surface area contributed by atoms with Crippen molar-refractivity contribution in [3.8, 4) is 11.5 Å². The van der Waals surface area contributed by atoms with Crippen LogP contribution in [0.5, 0.6) is 11.5 Å². The predicted octanol–water partition coefficient (Wildman–Crippen LogP) is 5.09. The summed E-state index contributed by atoms with van der Waals surface area (Å²) >= 11 is 0. The Hall–Kier alpha value is -3.28. The van der Waals surface area contributed by atoms with Gasteiger partial charge in [-0.1, -0.05) is 20.8 Å². The van der Waals surface area contributed by atoms with Gasteiger partial charge in [-0.3, -0.25) is 4.79 Å². The first-order chi connectivity index (χ1) is 14.8. The number of nitrogens with zero attached hydrogens (tertiary/aromatic N) is 1. The monoisotopic (exact) mass is 420 g/mol. The van der Waals surface area contributed by atoms with Crippen molar-refractivity contribution in [2.24, 2.45) is 5.10 Å². The molecule has 1 amide bonds. The normalized spacial score (nSPS) is 14.1. The second-order valence-electron chi connectivity index (χ2n) is 8.95. The maximum absolute atomic E-state index is 12.4. The fraction of sp³-hybridized carbons (Fsp3) is 0.360. The molecule has 162 valence electrons. The van der Waals surface area contributed by atoms with Gasteiger partial charge < -0.3 is 14.3 Å². The molecule has 0 aliphatic heterocycles. The van der Waals surface area contributed by atoms with E-state index >= 15 is 0 Å². The van der Waals surface area contributed by atoms with E-state index in [0.29, 0.717) is 16.9 Å². The van der Waals surface area contributed by atoms with Gasteiger partial charge in [-0.2, -0.15) is 5.10 Å². The van der Waals surface area contributed by atoms with E-state index in [2.05, 4.69) is 10.5 Å². The molecule has 2 aromatic carbocycles. The number of amides is 1. The molecular formula is C25H28N2O4. The van der Waals surface area contributed by atoms with Crippen LogP contribution in [0.15, 0.2) is 39.9 Å². The number of hydrogen-bond acceptors (Lipinski definition) is 5. The zero-order chi connectivity index (χ0) is 22.2. The number of aromatic hydroxyl groups is 1. The van der Waals surface area contributed by atoms with Crippen LogP contribution in [0.3, 0.4) is 0 Å². The smallest absolute Gasteiger partial charge is 0.271 e. The first kappa shape index (κ1) is 21.0. The van der Waals surface area contributed by atoms with Crippen molar-refractivity contribution in [3.05, 3.63) is 58.3 Å². The number of phenols is 1. The van der Waals surface area contributed by atoms with Gasteiger partial charge in [-0.25, -0.2) is 5.43 Å². The van der Waals surface area contributed by atoms with Crippen LogP contribution < -0.4 is 10.2 Å². The van der Waals surface area contributed by atoms with Crippen molar-refractivity contribution in [2.45, 2.75) is 51.9 Å². The van der Waals surface area contributed by atoms with Gasteiger partial charge in [0.15, 0.2) is 0 Å². The SMILES string of the molecule is COc1ccc(C(=O)N/N=C/c2c(O)c(C(C)(C)C)cc3oc4c(c23)CCCC4)cc1. The number of furan rings is 1. The summed E-state index contributed by atoms with van der Waals surface area (Å²) in [4.78, 5) is 12.4. The van der Waals surface area contributed by atoms with Crippen molar-refractivity contribution in [1.29, 1.82) is 0 Å². The summed E-state index contributed by atoms with van der Waals surface area (Å²) in [7, 11) is 1.58. The van der Waals surface area contributed by atoms with Crippen LogP contribution in [0.4, 0.5) is 0 Å². The minimum atomic E-state index is -0.337. The molecule has 6 heteroatoms. The number of carbonyl (C=O) groups is 1. The Morgan fingerprint density at radius 1 is 1.19 bits per heavy atom. The molecule has 2 N–H and O–H groups in total. The minimum Gasteiger partial charge on any atom is -0.507 e. The lowest BCUT2D eigenvalue weighted by Gasteiger charge is -2.21. The fourth-order valence-electron chi connectivity index (χ4n) is 4.11. The number of benzene rings is 2. The quantitative estimate of drug-likeness (QED) is 0.455. The minimum absolute atomic E-state index is 0.177. The number of hydrazone groups is 1. The highest BCUT2D eigenvalue weighted by atomic mass is 16.5. The Morgan fingerprint density at radius 3 is 2.58 bits per heavy atom. The molecule has 4 rings (SSSR count). The van der Waals surface area contributed by atoms with Gasteiger partial charge in [-0.15, -0.1) is 0 Å². The number of nitrogens with one attached hydrogen (secondary N) is 1. The standard InChI is InChI=1S/C25H28N2O4/c1-25(2,3)19-13-21-22(17-7-5-6-8-20(17)31-21)18(23(19)28)14-26-27-24(29)15-9-11-16(30-4)12-10-15/h9-14,28H,5-8H2,1-4H3,(H,27,29)/b26-14+. The highest BCUT2D eigenvalue weighted by Gasteiger charge is 2.27. The molecule has 1 aromatic heterocycles. The van der Waals surface area contributed by atoms with Crippen molar-refractivity contribution in [2.75, 3.05) is 7.11 Å². The third-order valence-corrected chi connectivity index (χ3v) is 5.77. The molecule has 31 heavy (non-hydrogen) atoms. The molecule has 1 heterocycles. The summed E-state index contributed by atoms with van der Waals surface area (Å²) in [5.74, 6) is 1.51. The zero-order valence-corrected chi connectivity index (χ0v) is 18.4. The third kappa shape index (κ3) is 4.02. The van der Waals surface area contributed by atoms with Crippen molar-refractivity contribution < 1.29 is 19.1 Å². The van der Waals surface area contributed by atoms with Crippen molar-refractivity contribution in [3.63, 3.8) is 0 Å². The topological polar surface area (TPSA) is 84.1 Å². The Kier molecular flexibility index (Phi) is 5.48. The molecule has 0 fully saturated rings. The third-order valence-electron chi connectivity index (χ3n) is 5.77. The number of ether oxygens (including phenoxy) is 1. The van der Waals surface area contributed by atoms with E-state index in [-0.39, 0.29) is 17.1 Å². The zero-order valence-electron chi connectivity index (χ0n) is 18.4. The number of rotatable bonds is 4. The molecule has 0 saturated heterocycles. The van der Waals surface area contributed by atoms with Gasteiger partial charge in [-0.05, 0) is 55.0 Å². The largest absolute Gasteiger partial charge is 0.507 e. The van der Waals surface area contributed by atoms with E-state index in [1.807, 2.05) is 26.8 Å². The summed E-state index contributed by atoms with van der Waals surface area (Å²) in [5.41, 5.74) is 6.02. The first-order valence-corrected chi connectivity index (χ1v) is 10.6. The van der Waals surface area contributed by atoms with E-state index in [1.54, 1.807) is 31.4 Å². The fourth-order valence-corrected chi connectivity index (χ4v) is 4.11. The molecule has 1 aliphatic rings. The number of methoxy groups -OCH3 is 1. The maximum Gasteiger partial charge on any atom is 0.271 e. The lowest BCUT2D eigenvalue weighted by molar-refractivity contribution is 0.0955. The van der Waals surface area contributed by atoms with E-state index < -0.39 is 0 Å². The molecule has 3 aromatic rings. The molecule has 0 bridgehead atoms. The van der Waals surface area contributed by atoms with Gasteiger partial charge in [0, 0.05) is 34.1 Å². The Labute approximate surface area is 181 Å². The van der Waals surface area contributed by atoms with E-state index in [1.165, 1.54) is 6.21 Å². The molecule has 1 aliphatic carbocycles. The average Bonchev–Trinajstić information content (AvgIpc) is 3.12. The predicted molar refractivity (Wildman–Crippen MR) is 121 cm³/mol. The number of carbonyl (C=O) groups excluding carboxylic acids is 1. The molecular weight excluding hydrogens is 392 g/mol. The van der Waals surface area contributed by atoms with Crippen LogP contribution in [-0.4, -0.2) is 24.3 Å². The van der Waals surface area contributed by atoms with Gasteiger partial charge in [0.25, 0.3) is 5.91 Å². The molecule has 6 nitrogen and oxygen atoms in total. The Balaban J connectivity index is 1.71. The lowest BCUT2D eigenvalue weighted by atomic mass is 9.83. The summed E-state index contributed by atoms with van der Waals surface area (Å²) in [6.45, 7) is 6.13. The first-order valence-electron chi connectivity index (χ1n) is 10.6. The second kappa shape index (κ2) is 8.10. The molecule has 0 unspecified atom stereocenters. The van der Waals surface area contributed by atoms with Crippen LogP contribution in [-0.2, 0) is 18.3 Å². The van der Waals surface area contributed by atoms with Crippen LogP contribution in [0.25, 0.3) is 11.0 Å². The lowest BCUT2D eigenvalue weighted by Crippen LogP contribution is -2.17. The van der Waals surface area contributed by atoms with E-state index in [4.69, 9.17) is 9.15 Å². The Morgan fingerprint density at radius 2 is 1.90 bits per heavy atom. The van der Waals surface area contributed by atoms with Crippen LogP contribution in [0.2, 0.25) is 0 Å². The van der Waals surface area contributed by atoms with Gasteiger partial charge >= 0.3 is 0 Å². The van der Waals surface area contributed by atoms with Crippen LogP contribution >= 0.6 is 0 Å². The van der Waals surface area contributed by atoms with Gasteiger partial charge in [0.2, 0.25) is 0 Å². The summed E-state index contributed by atoms with van der Waals surface area (Å²) in [6.07, 6.45) is 5.54. The summed E-state index contributed by atoms with van der Waals surface area (Å²) in [5, 5.41) is 16.2. The molecule has 0 saturated carbocycles. The highest BCUT2D eigenvalue weighted by molar-refractivity contribution is 6.04. The van der Waals surface area contributed by atoms with Gasteiger partial charge in [0.05, 0.1) is 13.3 Å². The number of hydrogen-bond donors (Lipinski definition) is 2. The Bertz CT molecular complexity index is 1150. The van der Waals surface area contributed by atoms with Crippen molar-refractivity contribution in [1.82, 2.24) is 5.43 Å². The van der Waals surface area contributed by atoms with Crippen molar-refractivity contribution >= 4 is 23.1 Å². The van der Waals surface area contributed by atoms with E-state index in [9.17, 15) is 9.90 Å². The van der Waals surface area contributed by atoms with Gasteiger partial charge in [0.1, 0.15) is 22.8 Å². The van der Waals surface area contributed by atoms with Crippen LogP contribution in [0.1, 0.15) is 66.4 Å². The molecule has 0 atom stereocenters.